The second-order valence-corrected chi connectivity index (χ2v) is 5.13. The van der Waals surface area contributed by atoms with Gasteiger partial charge in [-0.1, -0.05) is 60.7 Å². The van der Waals surface area contributed by atoms with Crippen molar-refractivity contribution in [2.45, 2.75) is 25.1 Å². The summed E-state index contributed by atoms with van der Waals surface area (Å²) < 4.78 is 0. The van der Waals surface area contributed by atoms with Crippen molar-refractivity contribution in [3.63, 3.8) is 0 Å². The van der Waals surface area contributed by atoms with Gasteiger partial charge in [0.2, 0.25) is 0 Å². The van der Waals surface area contributed by atoms with Crippen LogP contribution in [0.4, 0.5) is 0 Å². The molecular weight excluding hydrogens is 250 g/mol. The van der Waals surface area contributed by atoms with E-state index in [4.69, 9.17) is 4.84 Å². The molecule has 20 heavy (non-hydrogen) atoms. The molecule has 0 bridgehead atoms. The van der Waals surface area contributed by atoms with Crippen molar-refractivity contribution < 1.29 is 9.94 Å². The molecule has 1 aliphatic rings. The van der Waals surface area contributed by atoms with E-state index in [1.807, 2.05) is 41.5 Å². The molecule has 3 heteroatoms. The summed E-state index contributed by atoms with van der Waals surface area (Å²) in [7, 11) is 0. The quantitative estimate of drug-likeness (QED) is 0.926. The Balaban J connectivity index is 1.80. The molecule has 1 fully saturated rings. The van der Waals surface area contributed by atoms with Gasteiger partial charge in [-0.25, -0.2) is 0 Å². The van der Waals surface area contributed by atoms with Crippen LogP contribution in [0.15, 0.2) is 60.7 Å². The summed E-state index contributed by atoms with van der Waals surface area (Å²) in [5, 5.41) is 11.4. The van der Waals surface area contributed by atoms with Gasteiger partial charge >= 0.3 is 0 Å². The maximum absolute atomic E-state index is 9.36. The van der Waals surface area contributed by atoms with E-state index in [2.05, 4.69) is 24.3 Å². The Morgan fingerprint density at radius 2 is 1.65 bits per heavy atom. The molecule has 0 radical (unpaired) electrons. The SMILES string of the molecule is OC[C@@H]1C[C@H](c2ccccc2)N(Cc2ccccc2)O1. The molecule has 0 aromatic heterocycles. The molecule has 0 saturated carbocycles. The Labute approximate surface area is 119 Å². The molecule has 104 valence electrons. The first-order valence-electron chi connectivity index (χ1n) is 7.00. The van der Waals surface area contributed by atoms with Crippen molar-refractivity contribution >= 4 is 0 Å². The Kier molecular flexibility index (Phi) is 4.11. The fourth-order valence-electron chi connectivity index (χ4n) is 2.67. The molecule has 3 rings (SSSR count). The normalized spacial score (nSPS) is 23.1. The highest BCUT2D eigenvalue weighted by atomic mass is 16.7. The molecule has 2 atom stereocenters. The van der Waals surface area contributed by atoms with Gasteiger partial charge in [-0.3, -0.25) is 4.84 Å². The zero-order valence-corrected chi connectivity index (χ0v) is 11.4. The molecule has 0 unspecified atom stereocenters. The first-order chi connectivity index (χ1) is 9.86. The van der Waals surface area contributed by atoms with Gasteiger partial charge in [-0.05, 0) is 17.5 Å². The molecule has 1 heterocycles. The molecule has 1 saturated heterocycles. The number of rotatable bonds is 4. The van der Waals surface area contributed by atoms with E-state index in [0.29, 0.717) is 0 Å². The molecule has 1 aliphatic heterocycles. The number of benzene rings is 2. The van der Waals surface area contributed by atoms with Gasteiger partial charge in [0.05, 0.1) is 12.6 Å². The summed E-state index contributed by atoms with van der Waals surface area (Å²) >= 11 is 0. The number of nitrogens with zero attached hydrogens (tertiary/aromatic N) is 1. The molecule has 3 nitrogen and oxygen atoms in total. The first-order valence-corrected chi connectivity index (χ1v) is 7.00. The van der Waals surface area contributed by atoms with Gasteiger partial charge in [0, 0.05) is 6.54 Å². The zero-order valence-electron chi connectivity index (χ0n) is 11.4. The third-order valence-electron chi connectivity index (χ3n) is 3.69. The van der Waals surface area contributed by atoms with E-state index in [1.165, 1.54) is 11.1 Å². The number of hydroxylamine groups is 2. The second kappa shape index (κ2) is 6.18. The lowest BCUT2D eigenvalue weighted by Crippen LogP contribution is -2.22. The van der Waals surface area contributed by atoms with Crippen LogP contribution in [-0.4, -0.2) is 22.9 Å². The van der Waals surface area contributed by atoms with E-state index in [-0.39, 0.29) is 18.8 Å². The smallest absolute Gasteiger partial charge is 0.104 e. The average molecular weight is 269 g/mol. The molecule has 0 amide bonds. The van der Waals surface area contributed by atoms with Crippen molar-refractivity contribution in [2.75, 3.05) is 6.61 Å². The highest BCUT2D eigenvalue weighted by Crippen LogP contribution is 2.34. The standard InChI is InChI=1S/C17H19NO2/c19-13-16-11-17(15-9-5-2-6-10-15)18(20-16)12-14-7-3-1-4-8-14/h1-10,16-17,19H,11-13H2/t16-,17+/m0/s1. The third-order valence-corrected chi connectivity index (χ3v) is 3.69. The van der Waals surface area contributed by atoms with Crippen LogP contribution >= 0.6 is 0 Å². The lowest BCUT2D eigenvalue weighted by Gasteiger charge is -2.23. The Hall–Kier alpha value is -1.68. The minimum absolute atomic E-state index is 0.0641. The lowest BCUT2D eigenvalue weighted by molar-refractivity contribution is -0.178. The van der Waals surface area contributed by atoms with Crippen LogP contribution in [0.25, 0.3) is 0 Å². The van der Waals surface area contributed by atoms with Gasteiger partial charge in [-0.15, -0.1) is 0 Å². The number of hydrogen-bond acceptors (Lipinski definition) is 3. The van der Waals surface area contributed by atoms with Crippen molar-refractivity contribution in [3.05, 3.63) is 71.8 Å². The summed E-state index contributed by atoms with van der Waals surface area (Å²) in [6, 6.07) is 20.8. The Bertz CT molecular complexity index is 529. The molecule has 0 aliphatic carbocycles. The molecule has 2 aromatic carbocycles. The van der Waals surface area contributed by atoms with E-state index < -0.39 is 0 Å². The summed E-state index contributed by atoms with van der Waals surface area (Å²) in [6.07, 6.45) is 0.719. The highest BCUT2D eigenvalue weighted by molar-refractivity contribution is 5.21. The predicted molar refractivity (Wildman–Crippen MR) is 77.7 cm³/mol. The monoisotopic (exact) mass is 269 g/mol. The van der Waals surface area contributed by atoms with Crippen LogP contribution < -0.4 is 0 Å². The van der Waals surface area contributed by atoms with Crippen molar-refractivity contribution in [1.29, 1.82) is 0 Å². The summed E-state index contributed by atoms with van der Waals surface area (Å²) in [5.41, 5.74) is 2.45. The Morgan fingerprint density at radius 3 is 2.30 bits per heavy atom. The van der Waals surface area contributed by atoms with Gasteiger partial charge in [0.25, 0.3) is 0 Å². The maximum atomic E-state index is 9.36. The molecule has 2 aromatic rings. The minimum atomic E-state index is -0.107. The predicted octanol–water partition coefficient (Wildman–Crippen LogP) is 2.93. The van der Waals surface area contributed by atoms with E-state index >= 15 is 0 Å². The maximum Gasteiger partial charge on any atom is 0.104 e. The van der Waals surface area contributed by atoms with Crippen molar-refractivity contribution in [1.82, 2.24) is 5.06 Å². The molecule has 1 N–H and O–H groups in total. The van der Waals surface area contributed by atoms with Crippen molar-refractivity contribution in [2.24, 2.45) is 0 Å². The number of hydrogen-bond donors (Lipinski definition) is 1. The minimum Gasteiger partial charge on any atom is -0.394 e. The summed E-state index contributed by atoms with van der Waals surface area (Å²) in [5.74, 6) is 0. The fraction of sp³-hybridized carbons (Fsp3) is 0.294. The second-order valence-electron chi connectivity index (χ2n) is 5.13. The fourth-order valence-corrected chi connectivity index (χ4v) is 2.67. The van der Waals surface area contributed by atoms with Gasteiger partial charge in [0.1, 0.15) is 6.10 Å². The van der Waals surface area contributed by atoms with Gasteiger partial charge in [-0.2, -0.15) is 5.06 Å². The third kappa shape index (κ3) is 2.90. The van der Waals surface area contributed by atoms with Crippen molar-refractivity contribution in [3.8, 4) is 0 Å². The molecule has 0 spiro atoms. The largest absolute Gasteiger partial charge is 0.394 e. The summed E-state index contributed by atoms with van der Waals surface area (Å²) in [6.45, 7) is 0.797. The zero-order chi connectivity index (χ0) is 13.8. The van der Waals surface area contributed by atoms with Crippen LogP contribution in [-0.2, 0) is 11.4 Å². The van der Waals surface area contributed by atoms with Crippen LogP contribution in [0.1, 0.15) is 23.6 Å². The number of aliphatic hydroxyl groups excluding tert-OH is 1. The van der Waals surface area contributed by atoms with Crippen LogP contribution in [0.2, 0.25) is 0 Å². The van der Waals surface area contributed by atoms with E-state index in [9.17, 15) is 5.11 Å². The highest BCUT2D eigenvalue weighted by Gasteiger charge is 2.33. The van der Waals surface area contributed by atoms with Gasteiger partial charge in [0.15, 0.2) is 0 Å². The average Bonchev–Trinajstić information content (AvgIpc) is 2.92. The van der Waals surface area contributed by atoms with Gasteiger partial charge < -0.3 is 5.11 Å². The van der Waals surface area contributed by atoms with Crippen LogP contribution in [0, 0.1) is 0 Å². The first kappa shape index (κ1) is 13.3. The topological polar surface area (TPSA) is 32.7 Å². The van der Waals surface area contributed by atoms with E-state index in [1.54, 1.807) is 0 Å². The summed E-state index contributed by atoms with van der Waals surface area (Å²) in [4.78, 5) is 5.86. The lowest BCUT2D eigenvalue weighted by atomic mass is 10.0. The number of aliphatic hydroxyl groups is 1. The van der Waals surface area contributed by atoms with E-state index in [0.717, 1.165) is 13.0 Å². The van der Waals surface area contributed by atoms with Crippen LogP contribution in [0.5, 0.6) is 0 Å². The molecular formula is C17H19NO2. The van der Waals surface area contributed by atoms with Crippen LogP contribution in [0.3, 0.4) is 0 Å². The Morgan fingerprint density at radius 1 is 1.00 bits per heavy atom.